The minimum Gasteiger partial charge on any atom is -0.465 e. The third-order valence-corrected chi connectivity index (χ3v) is 9.25. The summed E-state index contributed by atoms with van der Waals surface area (Å²) in [7, 11) is 1.30. The number of benzene rings is 5. The highest BCUT2D eigenvalue weighted by Gasteiger charge is 2.25. The molecule has 5 aromatic carbocycles. The average molecular weight is 683 g/mol. The molecular formula is C35H21Cl3F3NO2S. The van der Waals surface area contributed by atoms with Crippen molar-refractivity contribution in [2.45, 2.75) is 11.3 Å². The summed E-state index contributed by atoms with van der Waals surface area (Å²) in [6.45, 7) is 0. The quantitative estimate of drug-likeness (QED) is 0.157. The zero-order chi connectivity index (χ0) is 31.8. The van der Waals surface area contributed by atoms with Gasteiger partial charge in [-0.2, -0.15) is 0 Å². The molecule has 3 nitrogen and oxygen atoms in total. The van der Waals surface area contributed by atoms with E-state index in [4.69, 9.17) is 39.5 Å². The summed E-state index contributed by atoms with van der Waals surface area (Å²) in [5.41, 5.74) is 4.79. The molecule has 0 fully saturated rings. The fourth-order valence-electron chi connectivity index (χ4n) is 5.19. The van der Waals surface area contributed by atoms with Crippen molar-refractivity contribution in [3.63, 3.8) is 0 Å². The summed E-state index contributed by atoms with van der Waals surface area (Å²) in [4.78, 5) is 12.7. The number of carbonyl (C=O) groups excluding carboxylic acids is 1. The molecule has 226 valence electrons. The zero-order valence-electron chi connectivity index (χ0n) is 23.3. The SMILES string of the molecule is COC(=O)c1ccc(-c2cccc(-c3c(-c4c(Cl)cccc4Cl)c4cc(F)ccc4n3Sc3ccc(C(F)F)cc3)c2)c(Cl)c1. The van der Waals surface area contributed by atoms with E-state index in [-0.39, 0.29) is 5.56 Å². The molecule has 10 heteroatoms. The molecule has 1 aromatic heterocycles. The Morgan fingerprint density at radius 1 is 0.778 bits per heavy atom. The van der Waals surface area contributed by atoms with Crippen LogP contribution in [0.1, 0.15) is 22.3 Å². The van der Waals surface area contributed by atoms with Crippen LogP contribution in [0.3, 0.4) is 0 Å². The lowest BCUT2D eigenvalue weighted by Gasteiger charge is -2.15. The van der Waals surface area contributed by atoms with Crippen LogP contribution in [0, 0.1) is 5.82 Å². The second-order valence-corrected chi connectivity index (χ2v) is 12.2. The Kier molecular flexibility index (Phi) is 8.89. The van der Waals surface area contributed by atoms with Gasteiger partial charge in [-0.3, -0.25) is 3.97 Å². The van der Waals surface area contributed by atoms with Gasteiger partial charge in [0.2, 0.25) is 0 Å². The van der Waals surface area contributed by atoms with Crippen molar-refractivity contribution >= 4 is 63.6 Å². The Bertz CT molecular complexity index is 2060. The molecule has 0 unspecified atom stereocenters. The third-order valence-electron chi connectivity index (χ3n) is 7.27. The van der Waals surface area contributed by atoms with E-state index in [1.165, 1.54) is 43.3 Å². The maximum absolute atomic E-state index is 14.9. The number of nitrogens with zero attached hydrogens (tertiary/aromatic N) is 1. The summed E-state index contributed by atoms with van der Waals surface area (Å²) in [5.74, 6) is -0.957. The summed E-state index contributed by atoms with van der Waals surface area (Å²) >= 11 is 21.5. The first-order valence-corrected chi connectivity index (χ1v) is 15.4. The molecule has 0 aliphatic carbocycles. The van der Waals surface area contributed by atoms with Crippen LogP contribution in [0.5, 0.6) is 0 Å². The topological polar surface area (TPSA) is 31.2 Å². The number of hydrogen-bond acceptors (Lipinski definition) is 3. The molecule has 0 saturated heterocycles. The number of aromatic nitrogens is 1. The van der Waals surface area contributed by atoms with Crippen molar-refractivity contribution in [3.8, 4) is 33.5 Å². The number of fused-ring (bicyclic) bond motifs is 1. The van der Waals surface area contributed by atoms with Crippen LogP contribution in [0.25, 0.3) is 44.4 Å². The molecule has 0 saturated carbocycles. The van der Waals surface area contributed by atoms with Gasteiger partial charge < -0.3 is 4.74 Å². The first-order chi connectivity index (χ1) is 21.7. The Hall–Kier alpha value is -3.88. The molecule has 45 heavy (non-hydrogen) atoms. The third kappa shape index (κ3) is 6.06. The number of esters is 1. The van der Waals surface area contributed by atoms with Crippen molar-refractivity contribution in [2.24, 2.45) is 0 Å². The molecule has 0 aliphatic rings. The van der Waals surface area contributed by atoms with E-state index >= 15 is 0 Å². The summed E-state index contributed by atoms with van der Waals surface area (Å²) in [5, 5.41) is 1.65. The highest BCUT2D eigenvalue weighted by Crippen LogP contribution is 2.49. The lowest BCUT2D eigenvalue weighted by molar-refractivity contribution is 0.0600. The van der Waals surface area contributed by atoms with Crippen LogP contribution < -0.4 is 0 Å². The maximum atomic E-state index is 14.9. The van der Waals surface area contributed by atoms with Crippen molar-refractivity contribution < 1.29 is 22.7 Å². The number of rotatable bonds is 7. The predicted molar refractivity (Wildman–Crippen MR) is 177 cm³/mol. The maximum Gasteiger partial charge on any atom is 0.337 e. The van der Waals surface area contributed by atoms with E-state index in [0.717, 1.165) is 11.1 Å². The van der Waals surface area contributed by atoms with Gasteiger partial charge in [0.25, 0.3) is 6.43 Å². The summed E-state index contributed by atoms with van der Waals surface area (Å²) in [6.07, 6.45) is -2.60. The van der Waals surface area contributed by atoms with Gasteiger partial charge in [0.15, 0.2) is 0 Å². The lowest BCUT2D eigenvalue weighted by atomic mass is 9.95. The molecule has 6 aromatic rings. The van der Waals surface area contributed by atoms with Crippen LogP contribution >= 0.6 is 46.8 Å². The smallest absolute Gasteiger partial charge is 0.337 e. The number of methoxy groups -OCH3 is 1. The van der Waals surface area contributed by atoms with E-state index in [2.05, 4.69) is 0 Å². The first kappa shape index (κ1) is 31.1. The van der Waals surface area contributed by atoms with Crippen molar-refractivity contribution in [1.82, 2.24) is 3.97 Å². The van der Waals surface area contributed by atoms with Gasteiger partial charge in [0.1, 0.15) is 5.82 Å². The highest BCUT2D eigenvalue weighted by atomic mass is 35.5. The number of hydrogen-bond donors (Lipinski definition) is 0. The molecule has 0 amide bonds. The van der Waals surface area contributed by atoms with Gasteiger partial charge >= 0.3 is 5.97 Å². The second-order valence-electron chi connectivity index (χ2n) is 10.0. The minimum atomic E-state index is -2.60. The average Bonchev–Trinajstić information content (AvgIpc) is 3.33. The van der Waals surface area contributed by atoms with Crippen LogP contribution in [0.4, 0.5) is 13.2 Å². The van der Waals surface area contributed by atoms with E-state index in [1.54, 1.807) is 54.6 Å². The fourth-order valence-corrected chi connectivity index (χ4v) is 7.08. The minimum absolute atomic E-state index is 0.0923. The molecule has 0 radical (unpaired) electrons. The van der Waals surface area contributed by atoms with Gasteiger partial charge in [-0.15, -0.1) is 0 Å². The molecule has 0 spiro atoms. The first-order valence-electron chi connectivity index (χ1n) is 13.5. The van der Waals surface area contributed by atoms with E-state index in [0.29, 0.717) is 58.8 Å². The van der Waals surface area contributed by atoms with Gasteiger partial charge in [-0.05, 0) is 78.2 Å². The van der Waals surface area contributed by atoms with Crippen LogP contribution in [-0.4, -0.2) is 17.1 Å². The van der Waals surface area contributed by atoms with Gasteiger partial charge in [-0.25, -0.2) is 18.0 Å². The molecule has 0 aliphatic heterocycles. The van der Waals surface area contributed by atoms with E-state index in [9.17, 15) is 18.0 Å². The molecule has 0 N–H and O–H groups in total. The molecule has 0 bridgehead atoms. The number of carbonyl (C=O) groups is 1. The largest absolute Gasteiger partial charge is 0.465 e. The standard InChI is InChI=1S/C35H21Cl3F3NO2S/c1-44-35(43)22-10-14-25(29(38)17-22)20-4-2-5-21(16-20)33-31(32-27(36)6-3-7-28(32)37)26-18-23(39)11-15-30(26)42(33)45-24-12-8-19(9-13-24)34(40)41/h2-18,34H,1H3. The predicted octanol–water partition coefficient (Wildman–Crippen LogP) is 12.0. The highest BCUT2D eigenvalue weighted by molar-refractivity contribution is 7.98. The fraction of sp³-hybridized carbons (Fsp3) is 0.0571. The number of halogens is 6. The van der Waals surface area contributed by atoms with Crippen LogP contribution in [0.15, 0.2) is 108 Å². The van der Waals surface area contributed by atoms with Crippen molar-refractivity contribution in [1.29, 1.82) is 0 Å². The Balaban J connectivity index is 1.62. The summed E-state index contributed by atoms with van der Waals surface area (Å²) < 4.78 is 48.2. The Morgan fingerprint density at radius 2 is 1.47 bits per heavy atom. The summed E-state index contributed by atoms with van der Waals surface area (Å²) in [6, 6.07) is 28.1. The van der Waals surface area contributed by atoms with Crippen molar-refractivity contribution in [3.05, 3.63) is 135 Å². The lowest BCUT2D eigenvalue weighted by Crippen LogP contribution is -2.00. The van der Waals surface area contributed by atoms with Crippen LogP contribution in [0.2, 0.25) is 15.1 Å². The zero-order valence-corrected chi connectivity index (χ0v) is 26.4. The molecular weight excluding hydrogens is 662 g/mol. The molecule has 6 rings (SSSR count). The van der Waals surface area contributed by atoms with Gasteiger partial charge in [-0.1, -0.05) is 77.3 Å². The Morgan fingerprint density at radius 3 is 2.13 bits per heavy atom. The normalized spacial score (nSPS) is 11.4. The van der Waals surface area contributed by atoms with E-state index in [1.807, 2.05) is 28.2 Å². The number of ether oxygens (including phenoxy) is 1. The van der Waals surface area contributed by atoms with Gasteiger partial charge in [0, 0.05) is 53.2 Å². The number of alkyl halides is 2. The van der Waals surface area contributed by atoms with E-state index < -0.39 is 18.2 Å². The monoisotopic (exact) mass is 681 g/mol. The second kappa shape index (κ2) is 12.9. The van der Waals surface area contributed by atoms with Crippen molar-refractivity contribution in [2.75, 3.05) is 7.11 Å². The Labute approximate surface area is 276 Å². The molecule has 0 atom stereocenters. The van der Waals surface area contributed by atoms with Gasteiger partial charge in [0.05, 0.1) is 23.9 Å². The molecule has 1 heterocycles. The van der Waals surface area contributed by atoms with Crippen LogP contribution in [-0.2, 0) is 4.74 Å².